The van der Waals surface area contributed by atoms with Gasteiger partial charge in [-0.1, -0.05) is 12.1 Å². The number of aryl methyl sites for hydroxylation is 1. The highest BCUT2D eigenvalue weighted by molar-refractivity contribution is 5.79. The highest BCUT2D eigenvalue weighted by Crippen LogP contribution is 2.30. The van der Waals surface area contributed by atoms with Crippen LogP contribution in [0.1, 0.15) is 36.6 Å². The number of hydrogen-bond acceptors (Lipinski definition) is 4. The van der Waals surface area contributed by atoms with Gasteiger partial charge in [0, 0.05) is 11.9 Å². The third kappa shape index (κ3) is 4.60. The molecule has 1 aromatic heterocycles. The van der Waals surface area contributed by atoms with E-state index in [1.54, 1.807) is 12.3 Å². The number of pyridine rings is 1. The molecule has 1 heterocycles. The molecule has 0 saturated carbocycles. The van der Waals surface area contributed by atoms with Crippen molar-refractivity contribution >= 4 is 5.97 Å². The fraction of sp³-hybridized carbons (Fsp3) is 0.333. The molecule has 0 saturated heterocycles. The Morgan fingerprint density at radius 2 is 1.96 bits per heavy atom. The minimum atomic E-state index is -1.33. The van der Waals surface area contributed by atoms with E-state index in [-0.39, 0.29) is 6.61 Å². The van der Waals surface area contributed by atoms with Crippen LogP contribution in [0.2, 0.25) is 0 Å². The van der Waals surface area contributed by atoms with Gasteiger partial charge in [0.05, 0.1) is 5.60 Å². The van der Waals surface area contributed by atoms with Crippen LogP contribution in [-0.2, 0) is 16.1 Å². The fourth-order valence-electron chi connectivity index (χ4n) is 2.42. The Kier molecular flexibility index (Phi) is 5.11. The summed E-state index contributed by atoms with van der Waals surface area (Å²) in [4.78, 5) is 16.5. The molecule has 2 rings (SSSR count). The van der Waals surface area contributed by atoms with Crippen molar-refractivity contribution in [3.63, 3.8) is 0 Å². The van der Waals surface area contributed by atoms with Crippen molar-refractivity contribution in [3.05, 3.63) is 65.2 Å². The molecule has 1 aromatic carbocycles. The molecule has 4 nitrogen and oxygen atoms in total. The molecule has 5 heteroatoms. The summed E-state index contributed by atoms with van der Waals surface area (Å²) >= 11 is 0. The molecule has 0 aliphatic carbocycles. The second kappa shape index (κ2) is 6.87. The fourth-order valence-corrected chi connectivity index (χ4v) is 2.42. The molecule has 0 amide bonds. The average Bonchev–Trinajstić information content (AvgIpc) is 2.46. The van der Waals surface area contributed by atoms with E-state index >= 15 is 0 Å². The van der Waals surface area contributed by atoms with E-state index in [0.717, 1.165) is 11.3 Å². The van der Waals surface area contributed by atoms with Crippen LogP contribution < -0.4 is 0 Å². The SMILES string of the molecule is Cc1cc(COC(=O)C(c2ccc(F)cc2)C(C)(C)O)ccn1. The van der Waals surface area contributed by atoms with E-state index in [1.807, 2.05) is 13.0 Å². The molecule has 0 aliphatic rings. The lowest BCUT2D eigenvalue weighted by atomic mass is 9.85. The molecule has 122 valence electrons. The Labute approximate surface area is 134 Å². The molecular formula is C18H20FNO3. The highest BCUT2D eigenvalue weighted by atomic mass is 19.1. The molecule has 0 radical (unpaired) electrons. The van der Waals surface area contributed by atoms with E-state index in [0.29, 0.717) is 5.56 Å². The second-order valence-electron chi connectivity index (χ2n) is 6.05. The summed E-state index contributed by atoms with van der Waals surface area (Å²) in [5, 5.41) is 10.3. The molecule has 0 bridgehead atoms. The summed E-state index contributed by atoms with van der Waals surface area (Å²) in [5.74, 6) is -1.85. The quantitative estimate of drug-likeness (QED) is 0.861. The van der Waals surface area contributed by atoms with Crippen molar-refractivity contribution in [1.82, 2.24) is 4.98 Å². The molecule has 1 N–H and O–H groups in total. The number of esters is 1. The summed E-state index contributed by atoms with van der Waals surface area (Å²) in [7, 11) is 0. The number of rotatable bonds is 5. The lowest BCUT2D eigenvalue weighted by Gasteiger charge is -2.28. The smallest absolute Gasteiger partial charge is 0.316 e. The Hall–Kier alpha value is -2.27. The summed E-state index contributed by atoms with van der Waals surface area (Å²) in [5.41, 5.74) is 0.827. The van der Waals surface area contributed by atoms with Gasteiger partial charge in [-0.05, 0) is 56.2 Å². The Morgan fingerprint density at radius 1 is 1.30 bits per heavy atom. The minimum absolute atomic E-state index is 0.0932. The summed E-state index contributed by atoms with van der Waals surface area (Å²) < 4.78 is 18.4. The number of ether oxygens (including phenoxy) is 1. The van der Waals surface area contributed by atoms with Gasteiger partial charge in [0.15, 0.2) is 0 Å². The number of aromatic nitrogens is 1. The van der Waals surface area contributed by atoms with Gasteiger partial charge in [-0.25, -0.2) is 4.39 Å². The third-order valence-electron chi connectivity index (χ3n) is 3.49. The Balaban J connectivity index is 2.16. The number of halogens is 1. The highest BCUT2D eigenvalue weighted by Gasteiger charge is 2.36. The summed E-state index contributed by atoms with van der Waals surface area (Å²) in [6.07, 6.45) is 1.64. The first-order valence-electron chi connectivity index (χ1n) is 7.33. The molecule has 0 aliphatic heterocycles. The number of hydrogen-bond donors (Lipinski definition) is 1. The summed E-state index contributed by atoms with van der Waals surface area (Å²) in [6.45, 7) is 5.00. The zero-order valence-electron chi connectivity index (χ0n) is 13.4. The van der Waals surface area contributed by atoms with E-state index in [1.165, 1.54) is 38.1 Å². The van der Waals surface area contributed by atoms with Crippen molar-refractivity contribution in [2.45, 2.75) is 38.9 Å². The number of nitrogens with zero attached hydrogens (tertiary/aromatic N) is 1. The largest absolute Gasteiger partial charge is 0.460 e. The van der Waals surface area contributed by atoms with Crippen LogP contribution in [0.15, 0.2) is 42.6 Å². The van der Waals surface area contributed by atoms with Crippen LogP contribution in [0, 0.1) is 12.7 Å². The number of benzene rings is 1. The van der Waals surface area contributed by atoms with E-state index < -0.39 is 23.3 Å². The minimum Gasteiger partial charge on any atom is -0.460 e. The van der Waals surface area contributed by atoms with Crippen molar-refractivity contribution in [1.29, 1.82) is 0 Å². The zero-order chi connectivity index (χ0) is 17.0. The average molecular weight is 317 g/mol. The zero-order valence-corrected chi connectivity index (χ0v) is 13.4. The lowest BCUT2D eigenvalue weighted by Crippen LogP contribution is -2.35. The monoisotopic (exact) mass is 317 g/mol. The molecule has 1 atom stereocenters. The van der Waals surface area contributed by atoms with Crippen LogP contribution in [0.3, 0.4) is 0 Å². The topological polar surface area (TPSA) is 59.4 Å². The molecular weight excluding hydrogens is 297 g/mol. The van der Waals surface area contributed by atoms with Crippen LogP contribution in [0.5, 0.6) is 0 Å². The van der Waals surface area contributed by atoms with Crippen molar-refractivity contribution in [2.75, 3.05) is 0 Å². The van der Waals surface area contributed by atoms with Gasteiger partial charge < -0.3 is 9.84 Å². The molecule has 23 heavy (non-hydrogen) atoms. The van der Waals surface area contributed by atoms with E-state index in [2.05, 4.69) is 4.98 Å². The van der Waals surface area contributed by atoms with Gasteiger partial charge in [-0.15, -0.1) is 0 Å². The number of carbonyl (C=O) groups is 1. The number of carbonyl (C=O) groups excluding carboxylic acids is 1. The Morgan fingerprint density at radius 3 is 2.52 bits per heavy atom. The number of aliphatic hydroxyl groups is 1. The van der Waals surface area contributed by atoms with Crippen molar-refractivity contribution in [3.8, 4) is 0 Å². The van der Waals surface area contributed by atoms with Gasteiger partial charge >= 0.3 is 5.97 Å². The molecule has 2 aromatic rings. The van der Waals surface area contributed by atoms with Crippen LogP contribution in [-0.4, -0.2) is 21.7 Å². The first-order chi connectivity index (χ1) is 10.8. The predicted octanol–water partition coefficient (Wildman–Crippen LogP) is 3.13. The lowest BCUT2D eigenvalue weighted by molar-refractivity contribution is -0.152. The standard InChI is InChI=1S/C18H20FNO3/c1-12-10-13(8-9-20-12)11-23-17(21)16(18(2,3)22)14-4-6-15(19)7-5-14/h4-10,16,22H,11H2,1-3H3. The molecule has 0 spiro atoms. The maximum absolute atomic E-state index is 13.1. The van der Waals surface area contributed by atoms with Gasteiger partial charge in [0.2, 0.25) is 0 Å². The normalized spacial score (nSPS) is 12.7. The maximum Gasteiger partial charge on any atom is 0.316 e. The Bertz CT molecular complexity index is 677. The van der Waals surface area contributed by atoms with Crippen molar-refractivity contribution < 1.29 is 19.0 Å². The molecule has 0 fully saturated rings. The predicted molar refractivity (Wildman–Crippen MR) is 84.2 cm³/mol. The van der Waals surface area contributed by atoms with Gasteiger partial charge in [0.25, 0.3) is 0 Å². The van der Waals surface area contributed by atoms with Gasteiger partial charge in [-0.3, -0.25) is 9.78 Å². The van der Waals surface area contributed by atoms with E-state index in [9.17, 15) is 14.3 Å². The van der Waals surface area contributed by atoms with Crippen LogP contribution in [0.25, 0.3) is 0 Å². The van der Waals surface area contributed by atoms with Crippen LogP contribution in [0.4, 0.5) is 4.39 Å². The maximum atomic E-state index is 13.1. The third-order valence-corrected chi connectivity index (χ3v) is 3.49. The second-order valence-corrected chi connectivity index (χ2v) is 6.05. The van der Waals surface area contributed by atoms with Gasteiger partial charge in [0.1, 0.15) is 18.3 Å². The first-order valence-corrected chi connectivity index (χ1v) is 7.33. The van der Waals surface area contributed by atoms with Crippen LogP contribution >= 0.6 is 0 Å². The summed E-state index contributed by atoms with van der Waals surface area (Å²) in [6, 6.07) is 9.06. The van der Waals surface area contributed by atoms with Gasteiger partial charge in [-0.2, -0.15) is 0 Å². The van der Waals surface area contributed by atoms with E-state index in [4.69, 9.17) is 4.74 Å². The molecule has 1 unspecified atom stereocenters. The van der Waals surface area contributed by atoms with Crippen molar-refractivity contribution in [2.24, 2.45) is 0 Å². The first kappa shape index (κ1) is 17.1.